The fourth-order valence-corrected chi connectivity index (χ4v) is 3.63. The molecule has 0 aliphatic rings. The number of benzene rings is 2. The number of nitrogens with zero attached hydrogens (tertiary/aromatic N) is 2. The predicted octanol–water partition coefficient (Wildman–Crippen LogP) is 6.83. The van der Waals surface area contributed by atoms with Gasteiger partial charge in [-0.25, -0.2) is 0 Å². The highest BCUT2D eigenvalue weighted by Crippen LogP contribution is 2.34. The SMILES string of the molecule is CCCCCC(CCCCC)c1cccc2cc(C#N)c(C#N)cc12. The predicted molar refractivity (Wildman–Crippen MR) is 104 cm³/mol. The average Bonchev–Trinajstić information content (AvgIpc) is 2.65. The van der Waals surface area contributed by atoms with Gasteiger partial charge in [-0.3, -0.25) is 0 Å². The molecule has 0 aromatic heterocycles. The average molecular weight is 332 g/mol. The number of nitriles is 2. The molecule has 0 saturated heterocycles. The minimum Gasteiger partial charge on any atom is -0.192 e. The maximum absolute atomic E-state index is 9.38. The van der Waals surface area contributed by atoms with Crippen molar-refractivity contribution in [1.82, 2.24) is 0 Å². The third kappa shape index (κ3) is 4.83. The Morgan fingerprint density at radius 2 is 1.44 bits per heavy atom. The van der Waals surface area contributed by atoms with Crippen LogP contribution in [0.5, 0.6) is 0 Å². The van der Waals surface area contributed by atoms with Crippen LogP contribution in [0.15, 0.2) is 30.3 Å². The zero-order chi connectivity index (χ0) is 18.1. The molecule has 0 fully saturated rings. The van der Waals surface area contributed by atoms with Crippen LogP contribution in [0.2, 0.25) is 0 Å². The van der Waals surface area contributed by atoms with Gasteiger partial charge in [-0.2, -0.15) is 10.5 Å². The summed E-state index contributed by atoms with van der Waals surface area (Å²) in [6.45, 7) is 4.49. The van der Waals surface area contributed by atoms with Gasteiger partial charge in [0.15, 0.2) is 0 Å². The first-order chi connectivity index (χ1) is 12.2. The Hall–Kier alpha value is -2.32. The molecule has 2 heteroatoms. The summed E-state index contributed by atoms with van der Waals surface area (Å²) in [5, 5.41) is 20.9. The summed E-state index contributed by atoms with van der Waals surface area (Å²) in [4.78, 5) is 0. The number of hydrogen-bond acceptors (Lipinski definition) is 2. The van der Waals surface area contributed by atoms with Crippen molar-refractivity contribution in [2.45, 2.75) is 71.1 Å². The molecule has 0 unspecified atom stereocenters. The summed E-state index contributed by atoms with van der Waals surface area (Å²) in [6, 6.07) is 14.5. The van der Waals surface area contributed by atoms with Gasteiger partial charge >= 0.3 is 0 Å². The van der Waals surface area contributed by atoms with E-state index in [-0.39, 0.29) is 0 Å². The number of fused-ring (bicyclic) bond motifs is 1. The molecule has 2 aromatic rings. The van der Waals surface area contributed by atoms with Crippen LogP contribution in [0.3, 0.4) is 0 Å². The lowest BCUT2D eigenvalue weighted by molar-refractivity contribution is 0.509. The van der Waals surface area contributed by atoms with Gasteiger partial charge in [0.25, 0.3) is 0 Å². The third-order valence-electron chi connectivity index (χ3n) is 5.05. The smallest absolute Gasteiger partial charge is 0.101 e. The molecule has 0 aliphatic heterocycles. The molecular weight excluding hydrogens is 304 g/mol. The molecule has 0 N–H and O–H groups in total. The van der Waals surface area contributed by atoms with Crippen LogP contribution >= 0.6 is 0 Å². The van der Waals surface area contributed by atoms with Gasteiger partial charge in [-0.15, -0.1) is 0 Å². The Morgan fingerprint density at radius 3 is 2.00 bits per heavy atom. The zero-order valence-electron chi connectivity index (χ0n) is 15.5. The summed E-state index contributed by atoms with van der Waals surface area (Å²) >= 11 is 0. The van der Waals surface area contributed by atoms with Crippen molar-refractivity contribution >= 4 is 10.8 Å². The fourth-order valence-electron chi connectivity index (χ4n) is 3.63. The molecule has 0 amide bonds. The molecule has 0 bridgehead atoms. The van der Waals surface area contributed by atoms with Gasteiger partial charge in [0, 0.05) is 0 Å². The van der Waals surface area contributed by atoms with E-state index < -0.39 is 0 Å². The molecule has 0 spiro atoms. The lowest BCUT2D eigenvalue weighted by Gasteiger charge is -2.20. The molecule has 2 aromatic carbocycles. The van der Waals surface area contributed by atoms with E-state index in [0.717, 1.165) is 10.8 Å². The molecule has 130 valence electrons. The molecule has 0 saturated carbocycles. The molecule has 2 rings (SSSR count). The van der Waals surface area contributed by atoms with Gasteiger partial charge < -0.3 is 0 Å². The van der Waals surface area contributed by atoms with E-state index in [1.54, 1.807) is 0 Å². The topological polar surface area (TPSA) is 47.6 Å². The van der Waals surface area contributed by atoms with Gasteiger partial charge in [0.05, 0.1) is 11.1 Å². The van der Waals surface area contributed by atoms with E-state index in [0.29, 0.717) is 17.0 Å². The maximum Gasteiger partial charge on any atom is 0.101 e. The first-order valence-corrected chi connectivity index (χ1v) is 9.62. The monoisotopic (exact) mass is 332 g/mol. The Kier molecular flexibility index (Phi) is 7.49. The summed E-state index contributed by atoms with van der Waals surface area (Å²) in [5.41, 5.74) is 2.31. The molecule has 0 radical (unpaired) electrons. The van der Waals surface area contributed by atoms with Crippen LogP contribution in [0.25, 0.3) is 10.8 Å². The van der Waals surface area contributed by atoms with Crippen molar-refractivity contribution in [3.8, 4) is 12.1 Å². The number of hydrogen-bond donors (Lipinski definition) is 0. The molecule has 0 aliphatic carbocycles. The lowest BCUT2D eigenvalue weighted by Crippen LogP contribution is -2.01. The minimum atomic E-state index is 0.473. The first-order valence-electron chi connectivity index (χ1n) is 9.62. The van der Waals surface area contributed by atoms with Crippen molar-refractivity contribution in [2.75, 3.05) is 0 Å². The number of rotatable bonds is 9. The van der Waals surface area contributed by atoms with Crippen molar-refractivity contribution in [1.29, 1.82) is 10.5 Å². The molecule has 2 nitrogen and oxygen atoms in total. The van der Waals surface area contributed by atoms with E-state index >= 15 is 0 Å². The van der Waals surface area contributed by atoms with Crippen molar-refractivity contribution in [2.24, 2.45) is 0 Å². The van der Waals surface area contributed by atoms with Gasteiger partial charge in [-0.05, 0) is 47.2 Å². The highest BCUT2D eigenvalue weighted by atomic mass is 14.3. The Bertz CT molecular complexity index is 767. The molecule has 0 heterocycles. The van der Waals surface area contributed by atoms with E-state index in [4.69, 9.17) is 0 Å². The molecular formula is C23H28N2. The van der Waals surface area contributed by atoms with Crippen molar-refractivity contribution in [3.05, 3.63) is 47.0 Å². The van der Waals surface area contributed by atoms with E-state index in [9.17, 15) is 10.5 Å². The second-order valence-corrected chi connectivity index (χ2v) is 6.88. The van der Waals surface area contributed by atoms with E-state index in [1.807, 2.05) is 12.1 Å². The highest BCUT2D eigenvalue weighted by Gasteiger charge is 2.15. The summed E-state index contributed by atoms with van der Waals surface area (Å²) in [5.74, 6) is 0.543. The van der Waals surface area contributed by atoms with E-state index in [1.165, 1.54) is 56.9 Å². The van der Waals surface area contributed by atoms with Gasteiger partial charge in [0.1, 0.15) is 12.1 Å². The second-order valence-electron chi connectivity index (χ2n) is 6.88. The second kappa shape index (κ2) is 9.85. The van der Waals surface area contributed by atoms with Crippen LogP contribution in [0, 0.1) is 22.7 Å². The third-order valence-corrected chi connectivity index (χ3v) is 5.05. The zero-order valence-corrected chi connectivity index (χ0v) is 15.5. The maximum atomic E-state index is 9.38. The minimum absolute atomic E-state index is 0.473. The Balaban J connectivity index is 2.42. The van der Waals surface area contributed by atoms with Crippen LogP contribution in [-0.4, -0.2) is 0 Å². The Labute approximate surface area is 152 Å². The van der Waals surface area contributed by atoms with Crippen LogP contribution in [0.4, 0.5) is 0 Å². The number of unbranched alkanes of at least 4 members (excludes halogenated alkanes) is 4. The van der Waals surface area contributed by atoms with Gasteiger partial charge in [0.2, 0.25) is 0 Å². The Morgan fingerprint density at radius 1 is 0.840 bits per heavy atom. The molecule has 25 heavy (non-hydrogen) atoms. The largest absolute Gasteiger partial charge is 0.192 e. The first kappa shape index (κ1) is 19.0. The van der Waals surface area contributed by atoms with Crippen LogP contribution < -0.4 is 0 Å². The summed E-state index contributed by atoms with van der Waals surface area (Å²) in [7, 11) is 0. The van der Waals surface area contributed by atoms with Gasteiger partial charge in [-0.1, -0.05) is 70.6 Å². The highest BCUT2D eigenvalue weighted by molar-refractivity contribution is 5.89. The quantitative estimate of drug-likeness (QED) is 0.472. The van der Waals surface area contributed by atoms with Crippen LogP contribution in [0.1, 0.15) is 87.8 Å². The normalized spacial score (nSPS) is 10.8. The fraction of sp³-hybridized carbons (Fsp3) is 0.478. The molecule has 0 atom stereocenters. The summed E-state index contributed by atoms with van der Waals surface area (Å²) < 4.78 is 0. The van der Waals surface area contributed by atoms with Crippen LogP contribution in [-0.2, 0) is 0 Å². The van der Waals surface area contributed by atoms with Crippen molar-refractivity contribution < 1.29 is 0 Å². The standard InChI is InChI=1S/C23H28N2/c1-3-5-7-10-18(11-8-6-4-2)22-13-9-12-19-14-20(16-24)21(17-25)15-23(19)22/h9,12-15,18H,3-8,10-11H2,1-2H3. The summed E-state index contributed by atoms with van der Waals surface area (Å²) in [6.07, 6.45) is 9.95. The van der Waals surface area contributed by atoms with E-state index in [2.05, 4.69) is 44.2 Å². The lowest BCUT2D eigenvalue weighted by atomic mass is 9.85. The van der Waals surface area contributed by atoms with Crippen molar-refractivity contribution in [3.63, 3.8) is 0 Å².